The van der Waals surface area contributed by atoms with Crippen LogP contribution in [0.3, 0.4) is 0 Å². The minimum absolute atomic E-state index is 0.160. The van der Waals surface area contributed by atoms with Crippen LogP contribution in [0.2, 0.25) is 0 Å². The molecule has 0 aromatic carbocycles. The van der Waals surface area contributed by atoms with Gasteiger partial charge in [-0.05, 0) is 33.3 Å². The van der Waals surface area contributed by atoms with Gasteiger partial charge in [-0.2, -0.15) is 0 Å². The van der Waals surface area contributed by atoms with Crippen molar-refractivity contribution in [2.24, 2.45) is 0 Å². The summed E-state index contributed by atoms with van der Waals surface area (Å²) in [4.78, 5) is 16.5. The molecule has 1 aromatic heterocycles. The molecule has 0 spiro atoms. The second-order valence-corrected chi connectivity index (χ2v) is 4.92. The number of anilines is 1. The highest BCUT2D eigenvalue weighted by molar-refractivity contribution is 5.97. The summed E-state index contributed by atoms with van der Waals surface area (Å²) in [6, 6.07) is 1.85. The molecule has 112 valence electrons. The van der Waals surface area contributed by atoms with Gasteiger partial charge in [0.15, 0.2) is 0 Å². The van der Waals surface area contributed by atoms with Crippen molar-refractivity contribution < 1.29 is 14.3 Å². The Hall–Kier alpha value is -1.62. The number of ether oxygens (including phenoxy) is 2. The lowest BCUT2D eigenvalue weighted by Gasteiger charge is -2.26. The average molecular weight is 280 g/mol. The standard InChI is InChI=1S/C15H24N2O3/c1-6-8-15(4,19-5)14(18)17-12-9-11(3)13(16-10-12)20-7-2/h9-10H,6-8H2,1-5H3,(H,17,18)/t15-/m0/s1. The second-order valence-electron chi connectivity index (χ2n) is 4.92. The Labute approximate surface area is 120 Å². The SMILES string of the molecule is CCC[C@](C)(OC)C(=O)Nc1cnc(OCC)c(C)c1. The maximum absolute atomic E-state index is 12.3. The monoisotopic (exact) mass is 280 g/mol. The molecule has 5 nitrogen and oxygen atoms in total. The quantitative estimate of drug-likeness (QED) is 0.834. The number of carbonyl (C=O) groups excluding carboxylic acids is 1. The summed E-state index contributed by atoms with van der Waals surface area (Å²) < 4.78 is 10.7. The topological polar surface area (TPSA) is 60.5 Å². The maximum atomic E-state index is 12.3. The molecular weight excluding hydrogens is 256 g/mol. The molecule has 0 saturated heterocycles. The fraction of sp³-hybridized carbons (Fsp3) is 0.600. The summed E-state index contributed by atoms with van der Waals surface area (Å²) in [6.45, 7) is 8.19. The lowest BCUT2D eigenvalue weighted by molar-refractivity contribution is -0.136. The molecule has 0 bridgehead atoms. The largest absolute Gasteiger partial charge is 0.478 e. The maximum Gasteiger partial charge on any atom is 0.256 e. The van der Waals surface area contributed by atoms with Crippen molar-refractivity contribution in [3.8, 4) is 5.88 Å². The first kappa shape index (κ1) is 16.4. The smallest absolute Gasteiger partial charge is 0.256 e. The van der Waals surface area contributed by atoms with E-state index in [1.807, 2.05) is 26.8 Å². The Morgan fingerprint density at radius 3 is 2.65 bits per heavy atom. The van der Waals surface area contributed by atoms with Gasteiger partial charge in [0.25, 0.3) is 5.91 Å². The van der Waals surface area contributed by atoms with E-state index in [-0.39, 0.29) is 5.91 Å². The first-order valence-corrected chi connectivity index (χ1v) is 6.92. The molecule has 1 N–H and O–H groups in total. The van der Waals surface area contributed by atoms with E-state index in [1.165, 1.54) is 0 Å². The van der Waals surface area contributed by atoms with Crippen LogP contribution >= 0.6 is 0 Å². The Bertz CT molecular complexity index is 462. The molecule has 1 heterocycles. The van der Waals surface area contributed by atoms with Gasteiger partial charge in [0.05, 0.1) is 18.5 Å². The Morgan fingerprint density at radius 2 is 2.15 bits per heavy atom. The first-order chi connectivity index (χ1) is 9.46. The summed E-state index contributed by atoms with van der Waals surface area (Å²) in [6.07, 6.45) is 3.13. The van der Waals surface area contributed by atoms with Gasteiger partial charge in [-0.25, -0.2) is 4.98 Å². The van der Waals surface area contributed by atoms with Crippen molar-refractivity contribution >= 4 is 11.6 Å². The highest BCUT2D eigenvalue weighted by Crippen LogP contribution is 2.22. The van der Waals surface area contributed by atoms with E-state index < -0.39 is 5.60 Å². The molecule has 1 atom stereocenters. The van der Waals surface area contributed by atoms with E-state index in [4.69, 9.17) is 9.47 Å². The van der Waals surface area contributed by atoms with E-state index in [0.29, 0.717) is 24.6 Å². The highest BCUT2D eigenvalue weighted by Gasteiger charge is 2.32. The van der Waals surface area contributed by atoms with Gasteiger partial charge in [0, 0.05) is 12.7 Å². The number of hydrogen-bond donors (Lipinski definition) is 1. The number of aromatic nitrogens is 1. The molecule has 5 heteroatoms. The molecule has 0 aliphatic rings. The zero-order chi connectivity index (χ0) is 15.2. The lowest BCUT2D eigenvalue weighted by Crippen LogP contribution is -2.41. The molecule has 0 aliphatic heterocycles. The number of amides is 1. The van der Waals surface area contributed by atoms with Gasteiger partial charge in [-0.15, -0.1) is 0 Å². The van der Waals surface area contributed by atoms with Crippen LogP contribution in [0.15, 0.2) is 12.3 Å². The van der Waals surface area contributed by atoms with Crippen LogP contribution in [-0.4, -0.2) is 30.2 Å². The first-order valence-electron chi connectivity index (χ1n) is 6.92. The van der Waals surface area contributed by atoms with Crippen LogP contribution in [0.1, 0.15) is 39.2 Å². The normalized spacial score (nSPS) is 13.7. The predicted molar refractivity (Wildman–Crippen MR) is 79.1 cm³/mol. The molecule has 0 aliphatic carbocycles. The fourth-order valence-electron chi connectivity index (χ4n) is 1.97. The summed E-state index contributed by atoms with van der Waals surface area (Å²) in [7, 11) is 1.55. The highest BCUT2D eigenvalue weighted by atomic mass is 16.5. The minimum Gasteiger partial charge on any atom is -0.478 e. The Balaban J connectivity index is 2.82. The molecule has 1 rings (SSSR count). The number of rotatable bonds is 7. The fourth-order valence-corrected chi connectivity index (χ4v) is 1.97. The minimum atomic E-state index is -0.818. The summed E-state index contributed by atoms with van der Waals surface area (Å²) in [5.41, 5.74) is 0.718. The van der Waals surface area contributed by atoms with E-state index in [9.17, 15) is 4.79 Å². The van der Waals surface area contributed by atoms with Crippen LogP contribution in [0.5, 0.6) is 5.88 Å². The lowest BCUT2D eigenvalue weighted by atomic mass is 9.99. The van der Waals surface area contributed by atoms with Crippen LogP contribution in [0.25, 0.3) is 0 Å². The van der Waals surface area contributed by atoms with Crippen molar-refractivity contribution in [1.29, 1.82) is 0 Å². The number of nitrogens with zero attached hydrogens (tertiary/aromatic N) is 1. The molecule has 0 unspecified atom stereocenters. The Kier molecular flexibility index (Phi) is 5.95. The van der Waals surface area contributed by atoms with E-state index in [0.717, 1.165) is 12.0 Å². The van der Waals surface area contributed by atoms with Crippen molar-refractivity contribution in [3.05, 3.63) is 17.8 Å². The second kappa shape index (κ2) is 7.24. The molecule has 0 radical (unpaired) electrons. The predicted octanol–water partition coefficient (Wildman–Crippen LogP) is 2.93. The average Bonchev–Trinajstić information content (AvgIpc) is 2.42. The zero-order valence-electron chi connectivity index (χ0n) is 12.9. The molecule has 20 heavy (non-hydrogen) atoms. The number of hydrogen-bond acceptors (Lipinski definition) is 4. The molecule has 0 saturated carbocycles. The number of aryl methyl sites for hydroxylation is 1. The Morgan fingerprint density at radius 1 is 1.45 bits per heavy atom. The summed E-state index contributed by atoms with van der Waals surface area (Å²) >= 11 is 0. The number of methoxy groups -OCH3 is 1. The van der Waals surface area contributed by atoms with E-state index in [1.54, 1.807) is 20.2 Å². The third kappa shape index (κ3) is 3.93. The third-order valence-electron chi connectivity index (χ3n) is 3.23. The number of nitrogens with one attached hydrogen (secondary N) is 1. The van der Waals surface area contributed by atoms with Crippen molar-refractivity contribution in [2.45, 2.75) is 46.1 Å². The van der Waals surface area contributed by atoms with E-state index in [2.05, 4.69) is 10.3 Å². The molecule has 1 amide bonds. The molecule has 1 aromatic rings. The number of pyridine rings is 1. The van der Waals surface area contributed by atoms with Gasteiger partial charge in [0.1, 0.15) is 5.60 Å². The van der Waals surface area contributed by atoms with Crippen LogP contribution in [0, 0.1) is 6.92 Å². The van der Waals surface area contributed by atoms with Crippen LogP contribution in [0.4, 0.5) is 5.69 Å². The molecule has 0 fully saturated rings. The number of carbonyl (C=O) groups is 1. The van der Waals surface area contributed by atoms with Crippen LogP contribution in [-0.2, 0) is 9.53 Å². The van der Waals surface area contributed by atoms with Gasteiger partial charge < -0.3 is 14.8 Å². The van der Waals surface area contributed by atoms with Gasteiger partial charge in [-0.3, -0.25) is 4.79 Å². The van der Waals surface area contributed by atoms with E-state index >= 15 is 0 Å². The van der Waals surface area contributed by atoms with Crippen molar-refractivity contribution in [1.82, 2.24) is 4.98 Å². The van der Waals surface area contributed by atoms with Crippen LogP contribution < -0.4 is 10.1 Å². The van der Waals surface area contributed by atoms with Crippen molar-refractivity contribution in [3.63, 3.8) is 0 Å². The third-order valence-corrected chi connectivity index (χ3v) is 3.23. The van der Waals surface area contributed by atoms with Gasteiger partial charge in [-0.1, -0.05) is 13.3 Å². The van der Waals surface area contributed by atoms with Gasteiger partial charge >= 0.3 is 0 Å². The van der Waals surface area contributed by atoms with Crippen molar-refractivity contribution in [2.75, 3.05) is 19.0 Å². The summed E-state index contributed by atoms with van der Waals surface area (Å²) in [5, 5.41) is 2.85. The van der Waals surface area contributed by atoms with Gasteiger partial charge in [0.2, 0.25) is 5.88 Å². The molecular formula is C15H24N2O3. The summed E-state index contributed by atoms with van der Waals surface area (Å²) in [5.74, 6) is 0.431. The zero-order valence-corrected chi connectivity index (χ0v) is 12.9.